The Kier molecular flexibility index (Phi) is 4.10. The highest BCUT2D eigenvalue weighted by Gasteiger charge is 2.19. The average molecular weight is 308 g/mol. The van der Waals surface area contributed by atoms with Crippen LogP contribution < -0.4 is 0 Å². The summed E-state index contributed by atoms with van der Waals surface area (Å²) in [6.45, 7) is 0. The Morgan fingerprint density at radius 3 is 1.81 bits per heavy atom. The zero-order valence-electron chi connectivity index (χ0n) is 10.6. The van der Waals surface area contributed by atoms with E-state index in [0.29, 0.717) is 0 Å². The van der Waals surface area contributed by atoms with Crippen molar-refractivity contribution in [2.75, 3.05) is 0 Å². The van der Waals surface area contributed by atoms with E-state index in [2.05, 4.69) is 0 Å². The van der Waals surface area contributed by atoms with Gasteiger partial charge in [-0.05, 0) is 30.3 Å². The van der Waals surface area contributed by atoms with E-state index in [1.165, 1.54) is 42.5 Å². The molecule has 0 radical (unpaired) electrons. The predicted molar refractivity (Wildman–Crippen MR) is 77.0 cm³/mol. The van der Waals surface area contributed by atoms with Crippen molar-refractivity contribution in [3.8, 4) is 0 Å². The third-order valence-electron chi connectivity index (χ3n) is 2.83. The molecule has 4 N–H and O–H groups in total. The zero-order valence-corrected chi connectivity index (χ0v) is 11.4. The molecule has 0 amide bonds. The minimum atomic E-state index is -3.84. The molecule has 110 valence electrons. The third kappa shape index (κ3) is 3.29. The number of hydrogen-bond acceptors (Lipinski definition) is 5. The average Bonchev–Trinajstić information content (AvgIpc) is 2.45. The second kappa shape index (κ2) is 5.66. The molecule has 0 saturated carbocycles. The molecule has 0 saturated heterocycles. The summed E-state index contributed by atoms with van der Waals surface area (Å²) in [5, 5.41) is 9.06. The van der Waals surface area contributed by atoms with E-state index in [4.69, 9.17) is 18.8 Å². The number of hydrogen-bond donors (Lipinski definition) is 4. The Labute approximate surface area is 121 Å². The van der Waals surface area contributed by atoms with Crippen molar-refractivity contribution in [3.05, 3.63) is 65.2 Å². The van der Waals surface area contributed by atoms with Gasteiger partial charge in [-0.25, -0.2) is 4.79 Å². The van der Waals surface area contributed by atoms with Crippen molar-refractivity contribution in [3.63, 3.8) is 0 Å². The second-order valence-electron chi connectivity index (χ2n) is 4.22. The summed E-state index contributed by atoms with van der Waals surface area (Å²) in [5.74, 6) is -1.71. The summed E-state index contributed by atoms with van der Waals surface area (Å²) in [7, 11) is -3.84. The summed E-state index contributed by atoms with van der Waals surface area (Å²) in [6.07, 6.45) is 0. The largest absolute Gasteiger partial charge is 0.478 e. The van der Waals surface area contributed by atoms with Gasteiger partial charge in [-0.15, -0.1) is 0 Å². The quantitative estimate of drug-likeness (QED) is 0.645. The van der Waals surface area contributed by atoms with Crippen LogP contribution >= 0.6 is 10.9 Å². The van der Waals surface area contributed by atoms with Gasteiger partial charge >= 0.3 is 5.97 Å². The molecule has 0 unspecified atom stereocenters. The number of carbonyl (C=O) groups is 2. The summed E-state index contributed by atoms with van der Waals surface area (Å²) in [5.41, 5.74) is 0.0995. The molecule has 0 fully saturated rings. The van der Waals surface area contributed by atoms with Crippen LogP contribution in [0.15, 0.2) is 53.4 Å². The molecule has 0 aliphatic rings. The van der Waals surface area contributed by atoms with Crippen molar-refractivity contribution in [2.24, 2.45) is 0 Å². The maximum Gasteiger partial charge on any atom is 0.336 e. The first kappa shape index (κ1) is 15.2. The van der Waals surface area contributed by atoms with E-state index >= 15 is 0 Å². The molecule has 21 heavy (non-hydrogen) atoms. The van der Waals surface area contributed by atoms with Crippen molar-refractivity contribution >= 4 is 22.6 Å². The minimum absolute atomic E-state index is 0.0355. The number of carboxylic acids is 1. The van der Waals surface area contributed by atoms with Crippen LogP contribution in [0.5, 0.6) is 0 Å². The lowest BCUT2D eigenvalue weighted by atomic mass is 9.98. The number of aromatic carboxylic acids is 1. The standard InChI is InChI=1S/C14H12O6S/c15-13(11-3-1-2-4-12(11)14(16)17)9-5-7-10(8-6-9)21(18,19)20/h1-8,18-20H,(H,16,17). The maximum atomic E-state index is 12.3. The maximum absolute atomic E-state index is 12.3. The van der Waals surface area contributed by atoms with E-state index in [1.807, 2.05) is 0 Å². The van der Waals surface area contributed by atoms with Gasteiger partial charge in [-0.3, -0.25) is 4.79 Å². The Balaban J connectivity index is 2.40. The Bertz CT molecular complexity index is 687. The molecule has 2 aromatic carbocycles. The third-order valence-corrected chi connectivity index (χ3v) is 3.74. The van der Waals surface area contributed by atoms with Gasteiger partial charge in [-0.2, -0.15) is 0 Å². The van der Waals surface area contributed by atoms with Crippen LogP contribution in [0.3, 0.4) is 0 Å². The lowest BCUT2D eigenvalue weighted by molar-refractivity contribution is 0.0692. The molecule has 2 rings (SSSR count). The first-order valence-corrected chi connectivity index (χ1v) is 7.29. The number of benzene rings is 2. The molecule has 0 aliphatic carbocycles. The molecule has 0 atom stereocenters. The van der Waals surface area contributed by atoms with Crippen LogP contribution in [-0.2, 0) is 0 Å². The number of carboxylic acid groups (broad SMARTS) is 1. The van der Waals surface area contributed by atoms with Gasteiger partial charge in [0.1, 0.15) is 10.9 Å². The van der Waals surface area contributed by atoms with E-state index in [0.717, 1.165) is 0 Å². The van der Waals surface area contributed by atoms with Crippen LogP contribution in [0, 0.1) is 0 Å². The Morgan fingerprint density at radius 1 is 0.810 bits per heavy atom. The van der Waals surface area contributed by atoms with Gasteiger partial charge < -0.3 is 18.8 Å². The summed E-state index contributed by atoms with van der Waals surface area (Å²) < 4.78 is 27.3. The summed E-state index contributed by atoms with van der Waals surface area (Å²) >= 11 is 0. The fraction of sp³-hybridized carbons (Fsp3) is 0. The lowest BCUT2D eigenvalue weighted by Crippen LogP contribution is -2.09. The van der Waals surface area contributed by atoms with Crippen LogP contribution in [-0.4, -0.2) is 30.5 Å². The first-order valence-electron chi connectivity index (χ1n) is 5.78. The first-order chi connectivity index (χ1) is 9.80. The van der Waals surface area contributed by atoms with Crippen molar-refractivity contribution in [2.45, 2.75) is 4.90 Å². The van der Waals surface area contributed by atoms with Gasteiger partial charge in [0.05, 0.1) is 10.5 Å². The smallest absolute Gasteiger partial charge is 0.336 e. The molecule has 6 nitrogen and oxygen atoms in total. The van der Waals surface area contributed by atoms with E-state index in [-0.39, 0.29) is 21.6 Å². The molecular weight excluding hydrogens is 296 g/mol. The van der Waals surface area contributed by atoms with Gasteiger partial charge in [0.2, 0.25) is 0 Å². The lowest BCUT2D eigenvalue weighted by Gasteiger charge is -2.19. The van der Waals surface area contributed by atoms with Crippen LogP contribution in [0.25, 0.3) is 0 Å². The van der Waals surface area contributed by atoms with Crippen molar-refractivity contribution in [1.82, 2.24) is 0 Å². The predicted octanol–water partition coefficient (Wildman–Crippen LogP) is 3.20. The summed E-state index contributed by atoms with van der Waals surface area (Å²) in [4.78, 5) is 23.3. The molecule has 0 bridgehead atoms. The molecule has 0 aromatic heterocycles. The van der Waals surface area contributed by atoms with Crippen LogP contribution in [0.4, 0.5) is 0 Å². The number of ketones is 1. The van der Waals surface area contributed by atoms with Crippen LogP contribution in [0.2, 0.25) is 0 Å². The normalized spacial score (nSPS) is 12.0. The zero-order chi connectivity index (χ0) is 15.6. The monoisotopic (exact) mass is 308 g/mol. The molecule has 0 heterocycles. The Morgan fingerprint density at radius 2 is 1.33 bits per heavy atom. The topological polar surface area (TPSA) is 115 Å². The van der Waals surface area contributed by atoms with E-state index < -0.39 is 22.6 Å². The molecular formula is C14H12O6S. The molecule has 0 aliphatic heterocycles. The number of carbonyl (C=O) groups excluding carboxylic acids is 1. The molecule has 7 heteroatoms. The van der Waals surface area contributed by atoms with Gasteiger partial charge in [-0.1, -0.05) is 18.2 Å². The Hall–Kier alpha value is -2.19. The molecule has 2 aromatic rings. The fourth-order valence-electron chi connectivity index (χ4n) is 1.81. The second-order valence-corrected chi connectivity index (χ2v) is 5.73. The highest BCUT2D eigenvalue weighted by molar-refractivity contribution is 8.19. The van der Waals surface area contributed by atoms with E-state index in [1.54, 1.807) is 6.07 Å². The van der Waals surface area contributed by atoms with Gasteiger partial charge in [0.25, 0.3) is 0 Å². The van der Waals surface area contributed by atoms with Crippen molar-refractivity contribution in [1.29, 1.82) is 0 Å². The highest BCUT2D eigenvalue weighted by atomic mass is 32.3. The summed E-state index contributed by atoms with van der Waals surface area (Å²) in [6, 6.07) is 10.8. The van der Waals surface area contributed by atoms with Crippen molar-refractivity contribution < 1.29 is 28.4 Å². The minimum Gasteiger partial charge on any atom is -0.478 e. The fourth-order valence-corrected chi connectivity index (χ4v) is 2.31. The molecule has 0 spiro atoms. The number of rotatable bonds is 4. The SMILES string of the molecule is O=C(O)c1ccccc1C(=O)c1ccc(S(O)(O)O)cc1. The highest BCUT2D eigenvalue weighted by Crippen LogP contribution is 2.43. The van der Waals surface area contributed by atoms with Gasteiger partial charge in [0, 0.05) is 11.1 Å². The van der Waals surface area contributed by atoms with E-state index in [9.17, 15) is 9.59 Å². The van der Waals surface area contributed by atoms with Crippen LogP contribution in [0.1, 0.15) is 26.3 Å². The van der Waals surface area contributed by atoms with Gasteiger partial charge in [0.15, 0.2) is 5.78 Å².